The largest absolute Gasteiger partial charge is 0.324 e. The predicted octanol–water partition coefficient (Wildman–Crippen LogP) is 3.55. The van der Waals surface area contributed by atoms with E-state index in [1.54, 1.807) is 12.1 Å². The fourth-order valence-corrected chi connectivity index (χ4v) is 2.02. The van der Waals surface area contributed by atoms with Crippen molar-refractivity contribution in [2.45, 2.75) is 19.8 Å². The van der Waals surface area contributed by atoms with Crippen LogP contribution in [-0.4, -0.2) is 5.91 Å². The number of anilines is 1. The van der Waals surface area contributed by atoms with E-state index < -0.39 is 5.92 Å². The van der Waals surface area contributed by atoms with Crippen molar-refractivity contribution < 1.29 is 4.79 Å². The minimum absolute atomic E-state index is 0.299. The van der Waals surface area contributed by atoms with Crippen molar-refractivity contribution in [3.05, 3.63) is 65.2 Å². The zero-order chi connectivity index (χ0) is 14.5. The highest BCUT2D eigenvalue weighted by Gasteiger charge is 2.20. The number of carbonyl (C=O) groups is 1. The fraction of sp³-hybridized carbons (Fsp3) is 0.176. The summed E-state index contributed by atoms with van der Waals surface area (Å²) in [5.74, 6) is -1.09. The average molecular weight is 264 g/mol. The number of nitrogens with one attached hydrogen (secondary N) is 1. The first-order valence-corrected chi connectivity index (χ1v) is 6.45. The number of carbonyl (C=O) groups excluding carboxylic acids is 1. The second kappa shape index (κ2) is 6.03. The van der Waals surface area contributed by atoms with Gasteiger partial charge in [0.2, 0.25) is 5.91 Å². The van der Waals surface area contributed by atoms with Crippen LogP contribution >= 0.6 is 0 Å². The van der Waals surface area contributed by atoms with E-state index in [1.165, 1.54) is 0 Å². The molecule has 1 N–H and O–H groups in total. The van der Waals surface area contributed by atoms with Crippen LogP contribution in [0, 0.1) is 25.2 Å². The lowest BCUT2D eigenvalue weighted by atomic mass is 9.99. The first-order valence-electron chi connectivity index (χ1n) is 6.45. The molecule has 0 aliphatic carbocycles. The van der Waals surface area contributed by atoms with Gasteiger partial charge in [0.05, 0.1) is 6.07 Å². The lowest BCUT2D eigenvalue weighted by Gasteiger charge is -2.13. The molecule has 0 heterocycles. The van der Waals surface area contributed by atoms with Gasteiger partial charge in [0, 0.05) is 5.69 Å². The lowest BCUT2D eigenvalue weighted by Crippen LogP contribution is -2.20. The molecule has 3 heteroatoms. The second-order valence-electron chi connectivity index (χ2n) is 4.71. The Bertz CT molecular complexity index is 656. The maximum Gasteiger partial charge on any atom is 0.246 e. The van der Waals surface area contributed by atoms with E-state index in [1.807, 2.05) is 50.2 Å². The number of hydrogen-bond donors (Lipinski definition) is 1. The average Bonchev–Trinajstić information content (AvgIpc) is 2.46. The third-order valence-electron chi connectivity index (χ3n) is 3.39. The van der Waals surface area contributed by atoms with Gasteiger partial charge in [0.25, 0.3) is 0 Å². The summed E-state index contributed by atoms with van der Waals surface area (Å²) in [4.78, 5) is 12.3. The van der Waals surface area contributed by atoms with Crippen molar-refractivity contribution in [3.8, 4) is 6.07 Å². The van der Waals surface area contributed by atoms with Crippen LogP contribution < -0.4 is 5.32 Å². The van der Waals surface area contributed by atoms with Crippen LogP contribution in [-0.2, 0) is 4.79 Å². The summed E-state index contributed by atoms with van der Waals surface area (Å²) in [7, 11) is 0. The molecule has 100 valence electrons. The smallest absolute Gasteiger partial charge is 0.246 e. The van der Waals surface area contributed by atoms with Gasteiger partial charge in [-0.1, -0.05) is 42.5 Å². The Hall–Kier alpha value is -2.60. The molecule has 0 radical (unpaired) electrons. The van der Waals surface area contributed by atoms with Crippen molar-refractivity contribution in [2.24, 2.45) is 0 Å². The molecule has 0 saturated heterocycles. The number of aryl methyl sites for hydroxylation is 1. The molecule has 0 spiro atoms. The highest BCUT2D eigenvalue weighted by atomic mass is 16.1. The molecule has 1 unspecified atom stereocenters. The minimum Gasteiger partial charge on any atom is -0.324 e. The molecule has 0 saturated carbocycles. The van der Waals surface area contributed by atoms with E-state index in [0.29, 0.717) is 5.56 Å². The Labute approximate surface area is 118 Å². The van der Waals surface area contributed by atoms with Crippen molar-refractivity contribution in [1.29, 1.82) is 5.26 Å². The molecule has 0 bridgehead atoms. The Morgan fingerprint density at radius 3 is 2.45 bits per heavy atom. The summed E-state index contributed by atoms with van der Waals surface area (Å²) in [5, 5.41) is 12.1. The van der Waals surface area contributed by atoms with Gasteiger partial charge in [-0.15, -0.1) is 0 Å². The van der Waals surface area contributed by atoms with Crippen LogP contribution in [0.3, 0.4) is 0 Å². The van der Waals surface area contributed by atoms with Gasteiger partial charge >= 0.3 is 0 Å². The number of rotatable bonds is 3. The number of benzene rings is 2. The summed E-state index contributed by atoms with van der Waals surface area (Å²) in [6.45, 7) is 3.94. The van der Waals surface area contributed by atoms with Gasteiger partial charge in [-0.3, -0.25) is 4.79 Å². The number of amides is 1. The molecule has 1 atom stereocenters. The first kappa shape index (κ1) is 13.8. The quantitative estimate of drug-likeness (QED) is 0.921. The van der Waals surface area contributed by atoms with Crippen molar-refractivity contribution >= 4 is 11.6 Å². The van der Waals surface area contributed by atoms with Crippen LogP contribution in [0.4, 0.5) is 5.69 Å². The summed E-state index contributed by atoms with van der Waals surface area (Å²) >= 11 is 0. The molecular weight excluding hydrogens is 248 g/mol. The number of nitrogens with zero attached hydrogens (tertiary/aromatic N) is 1. The molecule has 2 aromatic carbocycles. The molecule has 0 aromatic heterocycles. The highest BCUT2D eigenvalue weighted by Crippen LogP contribution is 2.21. The number of hydrogen-bond acceptors (Lipinski definition) is 2. The highest BCUT2D eigenvalue weighted by molar-refractivity contribution is 5.98. The van der Waals surface area contributed by atoms with E-state index in [0.717, 1.165) is 16.8 Å². The van der Waals surface area contributed by atoms with Gasteiger partial charge in [0.15, 0.2) is 5.92 Å². The maximum absolute atomic E-state index is 12.3. The summed E-state index contributed by atoms with van der Waals surface area (Å²) < 4.78 is 0. The molecule has 1 amide bonds. The molecule has 20 heavy (non-hydrogen) atoms. The topological polar surface area (TPSA) is 52.9 Å². The first-order chi connectivity index (χ1) is 9.63. The van der Waals surface area contributed by atoms with E-state index in [2.05, 4.69) is 11.4 Å². The monoisotopic (exact) mass is 264 g/mol. The van der Waals surface area contributed by atoms with E-state index in [9.17, 15) is 10.1 Å². The standard InChI is InChI=1S/C17H16N2O/c1-12-7-6-10-16(13(12)2)19-17(20)15(11-18)14-8-4-3-5-9-14/h3-10,15H,1-2H3,(H,19,20). The van der Waals surface area contributed by atoms with Crippen molar-refractivity contribution in [2.75, 3.05) is 5.32 Å². The Morgan fingerprint density at radius 2 is 1.80 bits per heavy atom. The van der Waals surface area contributed by atoms with Gasteiger partial charge in [-0.05, 0) is 36.6 Å². The summed E-state index contributed by atoms with van der Waals surface area (Å²) in [6, 6.07) is 16.9. The van der Waals surface area contributed by atoms with Crippen LogP contribution in [0.2, 0.25) is 0 Å². The second-order valence-corrected chi connectivity index (χ2v) is 4.71. The van der Waals surface area contributed by atoms with Gasteiger partial charge in [0.1, 0.15) is 0 Å². The van der Waals surface area contributed by atoms with Crippen molar-refractivity contribution in [3.63, 3.8) is 0 Å². The summed E-state index contributed by atoms with van der Waals surface area (Å²) in [5.41, 5.74) is 3.59. The van der Waals surface area contributed by atoms with Crippen LogP contribution in [0.5, 0.6) is 0 Å². The molecule has 3 nitrogen and oxygen atoms in total. The Balaban J connectivity index is 2.23. The Morgan fingerprint density at radius 1 is 1.10 bits per heavy atom. The van der Waals surface area contributed by atoms with E-state index in [-0.39, 0.29) is 5.91 Å². The SMILES string of the molecule is Cc1cccc(NC(=O)C(C#N)c2ccccc2)c1C. The molecule has 0 aliphatic heterocycles. The zero-order valence-corrected chi connectivity index (χ0v) is 11.6. The fourth-order valence-electron chi connectivity index (χ4n) is 2.02. The molecular formula is C17H16N2O. The third kappa shape index (κ3) is 2.86. The molecule has 2 rings (SSSR count). The van der Waals surface area contributed by atoms with Crippen LogP contribution in [0.25, 0.3) is 0 Å². The third-order valence-corrected chi connectivity index (χ3v) is 3.39. The molecule has 0 fully saturated rings. The van der Waals surface area contributed by atoms with Gasteiger partial charge in [-0.2, -0.15) is 5.26 Å². The minimum atomic E-state index is -0.795. The van der Waals surface area contributed by atoms with Gasteiger partial charge in [-0.25, -0.2) is 0 Å². The van der Waals surface area contributed by atoms with Crippen molar-refractivity contribution in [1.82, 2.24) is 0 Å². The normalized spacial score (nSPS) is 11.4. The van der Waals surface area contributed by atoms with Crippen LogP contribution in [0.1, 0.15) is 22.6 Å². The predicted molar refractivity (Wildman–Crippen MR) is 79.3 cm³/mol. The van der Waals surface area contributed by atoms with E-state index >= 15 is 0 Å². The number of nitriles is 1. The summed E-state index contributed by atoms with van der Waals surface area (Å²) in [6.07, 6.45) is 0. The van der Waals surface area contributed by atoms with E-state index in [4.69, 9.17) is 0 Å². The van der Waals surface area contributed by atoms with Gasteiger partial charge < -0.3 is 5.32 Å². The Kier molecular flexibility index (Phi) is 4.17. The molecule has 0 aliphatic rings. The molecule has 2 aromatic rings. The zero-order valence-electron chi connectivity index (χ0n) is 11.6. The lowest BCUT2D eigenvalue weighted by molar-refractivity contribution is -0.116. The van der Waals surface area contributed by atoms with Crippen LogP contribution in [0.15, 0.2) is 48.5 Å². The maximum atomic E-state index is 12.3.